The Morgan fingerprint density at radius 1 is 1.23 bits per heavy atom. The minimum absolute atomic E-state index is 0.0483. The summed E-state index contributed by atoms with van der Waals surface area (Å²) in [5.74, 6) is 0.545. The van der Waals surface area contributed by atoms with Crippen molar-refractivity contribution in [1.82, 2.24) is 10.2 Å². The molecule has 0 bridgehead atoms. The highest BCUT2D eigenvalue weighted by atomic mass is 32.1. The standard InChI is InChI=1S/C21H25FN2OS/c1-14(15-4-5-15)24(18-10-11-18)13-20(25)23-21(19-3-2-12-26-19)16-6-8-17(22)9-7-16/h2-3,6-9,12,14-15,18,21H,4-5,10-11,13H2,1H3,(H,23,25). The Bertz CT molecular complexity index is 738. The van der Waals surface area contributed by atoms with E-state index in [1.54, 1.807) is 23.5 Å². The molecule has 2 aromatic rings. The molecule has 2 saturated carbocycles. The van der Waals surface area contributed by atoms with Crippen LogP contribution in [0.3, 0.4) is 0 Å². The summed E-state index contributed by atoms with van der Waals surface area (Å²) in [7, 11) is 0. The first-order valence-corrected chi connectivity index (χ1v) is 10.3. The molecule has 3 nitrogen and oxygen atoms in total. The largest absolute Gasteiger partial charge is 0.343 e. The molecular weight excluding hydrogens is 347 g/mol. The van der Waals surface area contributed by atoms with Gasteiger partial charge in [0.05, 0.1) is 12.6 Å². The third kappa shape index (κ3) is 4.15. The zero-order valence-corrected chi connectivity index (χ0v) is 15.8. The molecule has 0 radical (unpaired) electrons. The van der Waals surface area contributed by atoms with Crippen LogP contribution in [-0.2, 0) is 4.79 Å². The van der Waals surface area contributed by atoms with E-state index in [1.807, 2.05) is 17.5 Å². The number of halogens is 1. The summed E-state index contributed by atoms with van der Waals surface area (Å²) >= 11 is 1.61. The van der Waals surface area contributed by atoms with E-state index < -0.39 is 0 Å². The lowest BCUT2D eigenvalue weighted by Crippen LogP contribution is -2.44. The van der Waals surface area contributed by atoms with Gasteiger partial charge in [-0.2, -0.15) is 0 Å². The van der Waals surface area contributed by atoms with Crippen LogP contribution >= 0.6 is 11.3 Å². The maximum Gasteiger partial charge on any atom is 0.234 e. The molecule has 4 rings (SSSR count). The summed E-state index contributed by atoms with van der Waals surface area (Å²) < 4.78 is 13.3. The number of benzene rings is 1. The van der Waals surface area contributed by atoms with Crippen molar-refractivity contribution in [3.63, 3.8) is 0 Å². The molecule has 138 valence electrons. The van der Waals surface area contributed by atoms with Crippen LogP contribution in [0.5, 0.6) is 0 Å². The Morgan fingerprint density at radius 3 is 2.54 bits per heavy atom. The predicted molar refractivity (Wildman–Crippen MR) is 103 cm³/mol. The van der Waals surface area contributed by atoms with E-state index in [0.717, 1.165) is 16.4 Å². The number of hydrogen-bond donors (Lipinski definition) is 1. The Balaban J connectivity index is 1.48. The van der Waals surface area contributed by atoms with Gasteiger partial charge in [0.25, 0.3) is 0 Å². The molecule has 0 aliphatic heterocycles. The number of thiophene rings is 1. The van der Waals surface area contributed by atoms with Crippen molar-refractivity contribution in [2.24, 2.45) is 5.92 Å². The van der Waals surface area contributed by atoms with Crippen molar-refractivity contribution >= 4 is 17.2 Å². The van der Waals surface area contributed by atoms with Gasteiger partial charge in [-0.25, -0.2) is 4.39 Å². The number of hydrogen-bond acceptors (Lipinski definition) is 3. The van der Waals surface area contributed by atoms with E-state index >= 15 is 0 Å². The van der Waals surface area contributed by atoms with E-state index in [9.17, 15) is 9.18 Å². The van der Waals surface area contributed by atoms with E-state index in [-0.39, 0.29) is 17.8 Å². The lowest BCUT2D eigenvalue weighted by atomic mass is 10.1. The van der Waals surface area contributed by atoms with Crippen LogP contribution < -0.4 is 5.32 Å². The Morgan fingerprint density at radius 2 is 1.96 bits per heavy atom. The van der Waals surface area contributed by atoms with Crippen molar-refractivity contribution in [1.29, 1.82) is 0 Å². The fraction of sp³-hybridized carbons (Fsp3) is 0.476. The van der Waals surface area contributed by atoms with E-state index in [2.05, 4.69) is 17.1 Å². The van der Waals surface area contributed by atoms with Crippen LogP contribution in [-0.4, -0.2) is 29.4 Å². The Hall–Kier alpha value is -1.72. The molecule has 2 aliphatic rings. The van der Waals surface area contributed by atoms with Gasteiger partial charge in [0.1, 0.15) is 5.82 Å². The predicted octanol–water partition coefficient (Wildman–Crippen LogP) is 4.36. The van der Waals surface area contributed by atoms with Gasteiger partial charge in [-0.3, -0.25) is 9.69 Å². The molecule has 1 heterocycles. The fourth-order valence-corrected chi connectivity index (χ4v) is 4.47. The molecule has 1 aromatic heterocycles. The van der Waals surface area contributed by atoms with Crippen LogP contribution in [0.25, 0.3) is 0 Å². The number of carbonyl (C=O) groups excluding carboxylic acids is 1. The Kier molecular flexibility index (Phi) is 5.09. The highest BCUT2D eigenvalue weighted by Gasteiger charge is 2.40. The number of nitrogens with zero attached hydrogens (tertiary/aromatic N) is 1. The molecule has 1 aromatic carbocycles. The van der Waals surface area contributed by atoms with Crippen LogP contribution in [0.2, 0.25) is 0 Å². The average Bonchev–Trinajstić information content (AvgIpc) is 3.57. The molecule has 2 fully saturated rings. The zero-order chi connectivity index (χ0) is 18.1. The summed E-state index contributed by atoms with van der Waals surface area (Å²) in [6.45, 7) is 2.71. The first-order chi connectivity index (χ1) is 12.6. The second-order valence-corrected chi connectivity index (χ2v) is 8.53. The first kappa shape index (κ1) is 17.7. The van der Waals surface area contributed by atoms with Gasteiger partial charge in [-0.1, -0.05) is 18.2 Å². The third-order valence-corrected chi connectivity index (χ3v) is 6.44. The van der Waals surface area contributed by atoms with Gasteiger partial charge in [0.2, 0.25) is 5.91 Å². The topological polar surface area (TPSA) is 32.3 Å². The first-order valence-electron chi connectivity index (χ1n) is 9.46. The highest BCUT2D eigenvalue weighted by molar-refractivity contribution is 7.10. The average molecular weight is 373 g/mol. The number of rotatable bonds is 8. The molecule has 2 unspecified atom stereocenters. The van der Waals surface area contributed by atoms with Gasteiger partial charge < -0.3 is 5.32 Å². The molecule has 1 amide bonds. The smallest absolute Gasteiger partial charge is 0.234 e. The van der Waals surface area contributed by atoms with Crippen LogP contribution in [0, 0.1) is 11.7 Å². The molecule has 5 heteroatoms. The van der Waals surface area contributed by atoms with Crippen molar-refractivity contribution in [2.75, 3.05) is 6.54 Å². The van der Waals surface area contributed by atoms with Crippen LogP contribution in [0.15, 0.2) is 41.8 Å². The van der Waals surface area contributed by atoms with E-state index in [1.165, 1.54) is 37.8 Å². The van der Waals surface area contributed by atoms with Gasteiger partial charge in [0, 0.05) is 17.0 Å². The van der Waals surface area contributed by atoms with Gasteiger partial charge in [-0.15, -0.1) is 11.3 Å². The lowest BCUT2D eigenvalue weighted by molar-refractivity contribution is -0.123. The molecule has 26 heavy (non-hydrogen) atoms. The minimum Gasteiger partial charge on any atom is -0.343 e. The summed E-state index contributed by atoms with van der Waals surface area (Å²) in [6, 6.07) is 11.2. The van der Waals surface area contributed by atoms with Gasteiger partial charge >= 0.3 is 0 Å². The number of nitrogens with one attached hydrogen (secondary N) is 1. The van der Waals surface area contributed by atoms with Crippen LogP contribution in [0.4, 0.5) is 4.39 Å². The van der Waals surface area contributed by atoms with Crippen LogP contribution in [0.1, 0.15) is 49.1 Å². The zero-order valence-electron chi connectivity index (χ0n) is 15.0. The summed E-state index contributed by atoms with van der Waals surface area (Å²) in [5.41, 5.74) is 0.912. The maximum atomic E-state index is 13.3. The lowest BCUT2D eigenvalue weighted by Gasteiger charge is -2.29. The van der Waals surface area contributed by atoms with Crippen molar-refractivity contribution < 1.29 is 9.18 Å². The van der Waals surface area contributed by atoms with E-state index in [4.69, 9.17) is 0 Å². The molecule has 0 spiro atoms. The quantitative estimate of drug-likeness (QED) is 0.747. The summed E-state index contributed by atoms with van der Waals surface area (Å²) in [6.07, 6.45) is 4.99. The molecule has 1 N–H and O–H groups in total. The Labute approximate surface area is 158 Å². The SMILES string of the molecule is CC(C1CC1)N(CC(=O)NC(c1ccc(F)cc1)c1cccs1)C1CC1. The second kappa shape index (κ2) is 7.49. The molecule has 2 aliphatic carbocycles. The fourth-order valence-electron chi connectivity index (χ4n) is 3.66. The van der Waals surface area contributed by atoms with Crippen molar-refractivity contribution in [2.45, 2.75) is 50.7 Å². The number of carbonyl (C=O) groups is 1. The number of amides is 1. The second-order valence-electron chi connectivity index (χ2n) is 7.55. The summed E-state index contributed by atoms with van der Waals surface area (Å²) in [4.78, 5) is 16.3. The van der Waals surface area contributed by atoms with Gasteiger partial charge in [-0.05, 0) is 67.7 Å². The van der Waals surface area contributed by atoms with Gasteiger partial charge in [0.15, 0.2) is 0 Å². The molecule has 2 atom stereocenters. The monoisotopic (exact) mass is 372 g/mol. The highest BCUT2D eigenvalue weighted by Crippen LogP contribution is 2.39. The normalized spacial score (nSPS) is 19.3. The van der Waals surface area contributed by atoms with Crippen molar-refractivity contribution in [3.8, 4) is 0 Å². The third-order valence-electron chi connectivity index (χ3n) is 5.51. The minimum atomic E-state index is -0.261. The molecular formula is C21H25FN2OS. The maximum absolute atomic E-state index is 13.3. The molecule has 0 saturated heterocycles. The summed E-state index contributed by atoms with van der Waals surface area (Å²) in [5, 5.41) is 5.19. The van der Waals surface area contributed by atoms with Crippen molar-refractivity contribution in [3.05, 3.63) is 58.0 Å². The van der Waals surface area contributed by atoms with E-state index in [0.29, 0.717) is 18.6 Å².